The van der Waals surface area contributed by atoms with Crippen molar-refractivity contribution in [2.75, 3.05) is 6.61 Å². The molecule has 0 spiro atoms. The molecule has 3 aromatic rings. The molecule has 0 bridgehead atoms. The molecule has 0 radical (unpaired) electrons. The summed E-state index contributed by atoms with van der Waals surface area (Å²) in [4.78, 5) is 10.7. The fourth-order valence-electron chi connectivity index (χ4n) is 4.51. The lowest BCUT2D eigenvalue weighted by Crippen LogP contribution is -2.29. The zero-order valence-corrected chi connectivity index (χ0v) is 17.9. The quantitative estimate of drug-likeness (QED) is 0.508. The van der Waals surface area contributed by atoms with E-state index in [-0.39, 0.29) is 25.1 Å². The topological polar surface area (TPSA) is 58.6 Å². The third kappa shape index (κ3) is 5.13. The van der Waals surface area contributed by atoms with E-state index in [1.54, 1.807) is 0 Å². The zero-order valence-electron chi connectivity index (χ0n) is 17.1. The fraction of sp³-hybridized carbons (Fsp3) is 0.320. The number of nitrogens with one attached hydrogen (secondary N) is 1. The maximum absolute atomic E-state index is 10.7. The molecule has 0 saturated heterocycles. The van der Waals surface area contributed by atoms with E-state index >= 15 is 0 Å². The Morgan fingerprint density at radius 1 is 1.10 bits per heavy atom. The maximum atomic E-state index is 10.7. The summed E-state index contributed by atoms with van der Waals surface area (Å²) in [7, 11) is 0. The van der Waals surface area contributed by atoms with Crippen LogP contribution in [0, 0.1) is 0 Å². The average molecular weight is 426 g/mol. The first-order chi connectivity index (χ1) is 14.1. The summed E-state index contributed by atoms with van der Waals surface area (Å²) in [5, 5.41) is 15.2. The van der Waals surface area contributed by atoms with E-state index in [9.17, 15) is 4.79 Å². The average Bonchev–Trinajstić information content (AvgIpc) is 3.20. The second-order valence-corrected chi connectivity index (χ2v) is 7.92. The number of fused-ring (bicyclic) bond motifs is 1. The van der Waals surface area contributed by atoms with Crippen LogP contribution in [-0.4, -0.2) is 23.7 Å². The van der Waals surface area contributed by atoms with Crippen LogP contribution in [0.2, 0.25) is 0 Å². The Morgan fingerprint density at radius 2 is 1.87 bits per heavy atom. The number of ether oxygens (including phenoxy) is 1. The van der Waals surface area contributed by atoms with Gasteiger partial charge in [0.1, 0.15) is 5.75 Å². The molecule has 3 aromatic carbocycles. The molecule has 5 heteroatoms. The molecule has 1 fully saturated rings. The van der Waals surface area contributed by atoms with Crippen LogP contribution in [0.4, 0.5) is 0 Å². The van der Waals surface area contributed by atoms with Gasteiger partial charge in [-0.1, -0.05) is 54.6 Å². The van der Waals surface area contributed by atoms with Gasteiger partial charge >= 0.3 is 5.97 Å². The van der Waals surface area contributed by atoms with E-state index in [1.165, 1.54) is 21.9 Å². The molecule has 0 aromatic heterocycles. The van der Waals surface area contributed by atoms with Gasteiger partial charge in [0, 0.05) is 12.1 Å². The first-order valence-corrected chi connectivity index (χ1v) is 10.3. The summed E-state index contributed by atoms with van der Waals surface area (Å²) in [6, 6.07) is 23.7. The monoisotopic (exact) mass is 425 g/mol. The van der Waals surface area contributed by atoms with Gasteiger partial charge in [-0.3, -0.25) is 0 Å². The van der Waals surface area contributed by atoms with Gasteiger partial charge in [-0.25, -0.2) is 4.79 Å². The van der Waals surface area contributed by atoms with Gasteiger partial charge in [0.2, 0.25) is 0 Å². The number of carboxylic acids is 1. The molecule has 0 amide bonds. The summed E-state index contributed by atoms with van der Waals surface area (Å²) >= 11 is 0. The molecule has 4 nitrogen and oxygen atoms in total. The van der Waals surface area contributed by atoms with E-state index in [0.717, 1.165) is 19.3 Å². The van der Waals surface area contributed by atoms with Gasteiger partial charge in [0.15, 0.2) is 6.61 Å². The van der Waals surface area contributed by atoms with Crippen LogP contribution in [0.1, 0.15) is 49.3 Å². The Hall–Kier alpha value is -2.56. The van der Waals surface area contributed by atoms with E-state index in [1.807, 2.05) is 18.2 Å². The number of benzene rings is 3. The highest BCUT2D eigenvalue weighted by atomic mass is 35.5. The van der Waals surface area contributed by atoms with Crippen molar-refractivity contribution in [3.8, 4) is 5.75 Å². The van der Waals surface area contributed by atoms with Crippen LogP contribution >= 0.6 is 12.4 Å². The van der Waals surface area contributed by atoms with Crippen LogP contribution in [0.3, 0.4) is 0 Å². The van der Waals surface area contributed by atoms with Crippen LogP contribution < -0.4 is 10.1 Å². The van der Waals surface area contributed by atoms with Crippen LogP contribution in [0.5, 0.6) is 5.75 Å². The van der Waals surface area contributed by atoms with E-state index in [4.69, 9.17) is 9.84 Å². The maximum Gasteiger partial charge on any atom is 0.341 e. The number of aliphatic carboxylic acids is 1. The smallest absolute Gasteiger partial charge is 0.341 e. The molecule has 3 atom stereocenters. The van der Waals surface area contributed by atoms with Crippen LogP contribution in [-0.2, 0) is 4.79 Å². The van der Waals surface area contributed by atoms with Crippen LogP contribution in [0.25, 0.3) is 10.8 Å². The standard InChI is InChI=1S/C25H27NO3.ClH/c1-17(23-11-5-7-18-6-2-3-10-24(18)23)26-21-13-12-20(14-21)19-8-4-9-22(15-19)29-16-25(27)28;/h2-11,15,17,20-21,26H,12-14,16H2,1H3,(H,27,28);1H/t17-,20?,21?;/m1./s1. The van der Waals surface area contributed by atoms with Crippen molar-refractivity contribution in [2.24, 2.45) is 0 Å². The molecule has 2 N–H and O–H groups in total. The van der Waals surface area contributed by atoms with Gasteiger partial charge in [-0.15, -0.1) is 12.4 Å². The van der Waals surface area contributed by atoms with Crippen molar-refractivity contribution in [1.82, 2.24) is 5.32 Å². The van der Waals surface area contributed by atoms with Gasteiger partial charge in [-0.05, 0) is 66.1 Å². The number of halogens is 1. The van der Waals surface area contributed by atoms with Crippen molar-refractivity contribution in [2.45, 2.75) is 44.2 Å². The normalized spacial score (nSPS) is 19.2. The molecular formula is C25H28ClNO3. The van der Waals surface area contributed by atoms with Gasteiger partial charge in [-0.2, -0.15) is 0 Å². The van der Waals surface area contributed by atoms with Crippen LogP contribution in [0.15, 0.2) is 66.7 Å². The minimum atomic E-state index is -0.956. The van der Waals surface area contributed by atoms with Crippen molar-refractivity contribution in [3.05, 3.63) is 77.9 Å². The number of carboxylic acid groups (broad SMARTS) is 1. The molecule has 0 heterocycles. The fourth-order valence-corrected chi connectivity index (χ4v) is 4.51. The molecule has 1 saturated carbocycles. The highest BCUT2D eigenvalue weighted by Gasteiger charge is 2.27. The van der Waals surface area contributed by atoms with Gasteiger partial charge in [0.05, 0.1) is 0 Å². The van der Waals surface area contributed by atoms with Crippen molar-refractivity contribution >= 4 is 29.1 Å². The zero-order chi connectivity index (χ0) is 20.2. The lowest BCUT2D eigenvalue weighted by molar-refractivity contribution is -0.139. The van der Waals surface area contributed by atoms with Gasteiger partial charge in [0.25, 0.3) is 0 Å². The Balaban J connectivity index is 0.00000256. The Kier molecular flexibility index (Phi) is 7.35. The molecule has 1 aliphatic rings. The molecule has 2 unspecified atom stereocenters. The predicted octanol–water partition coefficient (Wildman–Crippen LogP) is 5.71. The lowest BCUT2D eigenvalue weighted by atomic mass is 9.96. The minimum Gasteiger partial charge on any atom is -0.482 e. The second kappa shape index (κ2) is 9.96. The summed E-state index contributed by atoms with van der Waals surface area (Å²) in [5.74, 6) is 0.147. The summed E-state index contributed by atoms with van der Waals surface area (Å²) in [5.41, 5.74) is 2.57. The largest absolute Gasteiger partial charge is 0.482 e. The Morgan fingerprint density at radius 3 is 2.70 bits per heavy atom. The lowest BCUT2D eigenvalue weighted by Gasteiger charge is -2.21. The number of rotatable bonds is 7. The predicted molar refractivity (Wildman–Crippen MR) is 123 cm³/mol. The summed E-state index contributed by atoms with van der Waals surface area (Å²) in [6.45, 7) is 1.94. The molecular weight excluding hydrogens is 398 g/mol. The summed E-state index contributed by atoms with van der Waals surface area (Å²) in [6.07, 6.45) is 3.35. The third-order valence-electron chi connectivity index (χ3n) is 5.90. The Bertz CT molecular complexity index is 1000. The first kappa shape index (κ1) is 22.1. The first-order valence-electron chi connectivity index (χ1n) is 10.3. The third-order valence-corrected chi connectivity index (χ3v) is 5.90. The molecule has 1 aliphatic carbocycles. The SMILES string of the molecule is C[C@@H](NC1CCC(c2cccc(OCC(=O)O)c2)C1)c1cccc2ccccc12.Cl. The van der Waals surface area contributed by atoms with Gasteiger partial charge < -0.3 is 15.2 Å². The highest BCUT2D eigenvalue weighted by Crippen LogP contribution is 2.37. The molecule has 30 heavy (non-hydrogen) atoms. The number of carbonyl (C=O) groups is 1. The molecule has 158 valence electrons. The number of hydrogen-bond donors (Lipinski definition) is 2. The Labute approximate surface area is 183 Å². The van der Waals surface area contributed by atoms with E-state index < -0.39 is 5.97 Å². The van der Waals surface area contributed by atoms with Crippen molar-refractivity contribution in [1.29, 1.82) is 0 Å². The highest BCUT2D eigenvalue weighted by molar-refractivity contribution is 5.86. The summed E-state index contributed by atoms with van der Waals surface area (Å²) < 4.78 is 5.34. The second-order valence-electron chi connectivity index (χ2n) is 7.92. The van der Waals surface area contributed by atoms with E-state index in [0.29, 0.717) is 17.7 Å². The minimum absolute atomic E-state index is 0. The molecule has 0 aliphatic heterocycles. The van der Waals surface area contributed by atoms with E-state index in [2.05, 4.69) is 60.8 Å². The van der Waals surface area contributed by atoms with Crippen molar-refractivity contribution in [3.63, 3.8) is 0 Å². The number of hydrogen-bond acceptors (Lipinski definition) is 3. The molecule has 4 rings (SSSR count). The van der Waals surface area contributed by atoms with Crippen molar-refractivity contribution < 1.29 is 14.6 Å².